The second kappa shape index (κ2) is 47.4. The van der Waals surface area contributed by atoms with Crippen molar-refractivity contribution in [1.82, 2.24) is 0 Å². The predicted octanol–water partition coefficient (Wildman–Crippen LogP) is 18.3. The zero-order valence-corrected chi connectivity index (χ0v) is 45.4. The number of rotatable bonds is 53. The first-order chi connectivity index (χ1) is 32.1. The van der Waals surface area contributed by atoms with Crippen LogP contribution in [0.25, 0.3) is 0 Å². The Kier molecular flexibility index (Phi) is 46.5. The third-order valence-electron chi connectivity index (χ3n) is 14.9. The van der Waals surface area contributed by atoms with Crippen LogP contribution in [-0.4, -0.2) is 46.1 Å². The van der Waals surface area contributed by atoms with E-state index in [1.54, 1.807) is 13.8 Å². The Morgan fingerprint density at radius 2 is 0.545 bits per heavy atom. The van der Waals surface area contributed by atoms with Crippen molar-refractivity contribution in [2.24, 2.45) is 17.8 Å². The molecule has 6 heteroatoms. The van der Waals surface area contributed by atoms with Gasteiger partial charge >= 0.3 is 5.97 Å². The number of aliphatic hydroxyl groups is 2. The highest BCUT2D eigenvalue weighted by Crippen LogP contribution is 2.33. The van der Waals surface area contributed by atoms with Gasteiger partial charge in [-0.15, -0.1) is 0 Å². The normalized spacial score (nSPS) is 14.5. The van der Waals surface area contributed by atoms with Crippen LogP contribution in [0.2, 0.25) is 0 Å². The zero-order chi connectivity index (χ0) is 48.8. The Morgan fingerprint density at radius 3 is 0.758 bits per heavy atom. The van der Waals surface area contributed by atoms with Gasteiger partial charge < -0.3 is 14.9 Å². The van der Waals surface area contributed by atoms with Gasteiger partial charge in [-0.05, 0) is 19.3 Å². The van der Waals surface area contributed by atoms with Crippen LogP contribution < -0.4 is 0 Å². The zero-order valence-electron chi connectivity index (χ0n) is 45.4. The van der Waals surface area contributed by atoms with Gasteiger partial charge in [-0.3, -0.25) is 14.4 Å². The number of hydrogen-bond donors (Lipinski definition) is 2. The molecule has 392 valence electrons. The highest BCUT2D eigenvalue weighted by Gasteiger charge is 2.57. The molecule has 0 aliphatic carbocycles. The summed E-state index contributed by atoms with van der Waals surface area (Å²) in [5.74, 6) is -3.41. The van der Waals surface area contributed by atoms with E-state index in [0.29, 0.717) is 19.3 Å². The van der Waals surface area contributed by atoms with Crippen molar-refractivity contribution in [2.75, 3.05) is 6.61 Å². The number of aliphatic hydroxyl groups excluding tert-OH is 2. The van der Waals surface area contributed by atoms with Crippen LogP contribution >= 0.6 is 0 Å². The fraction of sp³-hybridized carbons (Fsp3) is 0.950. The van der Waals surface area contributed by atoms with Crippen molar-refractivity contribution in [3.63, 3.8) is 0 Å². The molecule has 0 aromatic carbocycles. The molecule has 0 aromatic heterocycles. The molecule has 0 aliphatic heterocycles. The average Bonchev–Trinajstić information content (AvgIpc) is 3.32. The van der Waals surface area contributed by atoms with Crippen LogP contribution in [0.3, 0.4) is 0 Å². The first kappa shape index (κ1) is 64.7. The summed E-state index contributed by atoms with van der Waals surface area (Å²) in [4.78, 5) is 43.0. The molecule has 6 nitrogen and oxygen atoms in total. The molecular weight excluding hydrogens is 817 g/mol. The van der Waals surface area contributed by atoms with Gasteiger partial charge in [0.2, 0.25) is 0 Å². The van der Waals surface area contributed by atoms with E-state index in [1.807, 2.05) is 6.92 Å². The van der Waals surface area contributed by atoms with Crippen molar-refractivity contribution in [1.29, 1.82) is 0 Å². The van der Waals surface area contributed by atoms with Gasteiger partial charge in [0.25, 0.3) is 5.60 Å². The molecule has 4 atom stereocenters. The molecule has 2 N–H and O–H groups in total. The number of ketones is 2. The summed E-state index contributed by atoms with van der Waals surface area (Å²) in [5, 5.41) is 21.9. The minimum atomic E-state index is -2.39. The number of hydrogen-bond acceptors (Lipinski definition) is 6. The van der Waals surface area contributed by atoms with E-state index in [4.69, 9.17) is 4.74 Å². The monoisotopic (exact) mass is 933 g/mol. The molecule has 0 aromatic rings. The van der Waals surface area contributed by atoms with Gasteiger partial charge in [0, 0.05) is 11.8 Å². The topological polar surface area (TPSA) is 101 Å². The Balaban J connectivity index is 5.21. The third-order valence-corrected chi connectivity index (χ3v) is 14.9. The Hall–Kier alpha value is -1.27. The lowest BCUT2D eigenvalue weighted by molar-refractivity contribution is -0.194. The number of carbonyl (C=O) groups is 3. The molecule has 0 bridgehead atoms. The summed E-state index contributed by atoms with van der Waals surface area (Å²) in [7, 11) is 0. The second-order valence-electron chi connectivity index (χ2n) is 21.4. The van der Waals surface area contributed by atoms with Crippen molar-refractivity contribution in [3.8, 4) is 0 Å². The van der Waals surface area contributed by atoms with Crippen LogP contribution in [-0.2, 0) is 19.1 Å². The van der Waals surface area contributed by atoms with Crippen LogP contribution in [0, 0.1) is 17.8 Å². The number of ether oxygens (including phenoxy) is 1. The molecule has 4 unspecified atom stereocenters. The van der Waals surface area contributed by atoms with E-state index in [-0.39, 0.29) is 0 Å². The van der Waals surface area contributed by atoms with Crippen LogP contribution in [0.5, 0.6) is 0 Å². The first-order valence-corrected chi connectivity index (χ1v) is 29.7. The summed E-state index contributed by atoms with van der Waals surface area (Å²) in [6, 6.07) is 0. The largest absolute Gasteiger partial charge is 0.440 e. The first-order valence-electron chi connectivity index (χ1n) is 29.7. The molecular formula is C60H116O6. The Morgan fingerprint density at radius 1 is 0.348 bits per heavy atom. The number of unbranched alkanes of at least 4 members (excludes halogenated alkanes) is 39. The van der Waals surface area contributed by atoms with Gasteiger partial charge in [-0.1, -0.05) is 311 Å². The van der Waals surface area contributed by atoms with Crippen LogP contribution in [0.4, 0.5) is 0 Å². The Bertz CT molecular complexity index is 1020. The van der Waals surface area contributed by atoms with Gasteiger partial charge in [-0.25, -0.2) is 0 Å². The lowest BCUT2D eigenvalue weighted by Gasteiger charge is -2.38. The maximum Gasteiger partial charge on any atom is 0.310 e. The van der Waals surface area contributed by atoms with Gasteiger partial charge in [0.05, 0.1) is 12.5 Å². The lowest BCUT2D eigenvalue weighted by Crippen LogP contribution is -2.63. The number of carbonyl (C=O) groups excluding carboxylic acids is 3. The molecule has 0 amide bonds. The molecule has 0 spiro atoms. The predicted molar refractivity (Wildman–Crippen MR) is 284 cm³/mol. The highest BCUT2D eigenvalue weighted by molar-refractivity contribution is 6.13. The van der Waals surface area contributed by atoms with E-state index in [9.17, 15) is 24.6 Å². The molecule has 0 rings (SSSR count). The van der Waals surface area contributed by atoms with Crippen LogP contribution in [0.1, 0.15) is 330 Å². The maximum atomic E-state index is 14.6. The molecule has 0 saturated heterocycles. The third kappa shape index (κ3) is 34.1. The van der Waals surface area contributed by atoms with Crippen molar-refractivity contribution < 1.29 is 29.3 Å². The van der Waals surface area contributed by atoms with E-state index in [0.717, 1.165) is 57.8 Å². The summed E-state index contributed by atoms with van der Waals surface area (Å²) in [5.41, 5.74) is -2.39. The molecule has 0 fully saturated rings. The highest BCUT2D eigenvalue weighted by atomic mass is 16.6. The lowest BCUT2D eigenvalue weighted by atomic mass is 9.75. The summed E-state index contributed by atoms with van der Waals surface area (Å²) in [6.07, 6.45) is 52.5. The quantitative estimate of drug-likeness (QED) is 0.0358. The van der Waals surface area contributed by atoms with E-state index in [2.05, 4.69) is 20.8 Å². The Labute approximate surface area is 411 Å². The van der Waals surface area contributed by atoms with Gasteiger partial charge in [0.1, 0.15) is 6.10 Å². The smallest absolute Gasteiger partial charge is 0.310 e. The van der Waals surface area contributed by atoms with E-state index >= 15 is 0 Å². The van der Waals surface area contributed by atoms with Crippen LogP contribution in [0.15, 0.2) is 0 Å². The average molecular weight is 934 g/mol. The number of esters is 1. The van der Waals surface area contributed by atoms with E-state index in [1.165, 1.54) is 212 Å². The summed E-state index contributed by atoms with van der Waals surface area (Å²) >= 11 is 0. The summed E-state index contributed by atoms with van der Waals surface area (Å²) in [6.45, 7) is 11.4. The minimum Gasteiger partial charge on any atom is -0.440 e. The molecule has 0 heterocycles. The fourth-order valence-electron chi connectivity index (χ4n) is 10.1. The minimum absolute atomic E-state index is 0.518. The fourth-order valence-corrected chi connectivity index (χ4v) is 10.1. The SMILES string of the molecule is CCCCCCCCCCCCCCCCC(C)C(=O)OC(C(=O)C(C)CCCCCCCCCCCCCCCC)(C(=O)C(C)CCCCCCCCCCCCCCCC)C(O)CO. The van der Waals surface area contributed by atoms with Crippen molar-refractivity contribution in [2.45, 2.75) is 342 Å². The second-order valence-corrected chi connectivity index (χ2v) is 21.4. The molecule has 66 heavy (non-hydrogen) atoms. The maximum absolute atomic E-state index is 14.6. The summed E-state index contributed by atoms with van der Waals surface area (Å²) < 4.78 is 6.09. The van der Waals surface area contributed by atoms with E-state index < -0.39 is 53.6 Å². The van der Waals surface area contributed by atoms with Crippen molar-refractivity contribution in [3.05, 3.63) is 0 Å². The number of Topliss-reactive ketones (excluding diaryl/α,β-unsaturated/α-hetero) is 2. The molecule has 0 aliphatic rings. The molecule has 0 radical (unpaired) electrons. The van der Waals surface area contributed by atoms with Gasteiger partial charge in [-0.2, -0.15) is 0 Å². The van der Waals surface area contributed by atoms with Gasteiger partial charge in [0.15, 0.2) is 11.6 Å². The van der Waals surface area contributed by atoms with Crippen molar-refractivity contribution >= 4 is 17.5 Å². The molecule has 0 saturated carbocycles. The standard InChI is InChI=1S/C60H116O6/c1-7-10-13-16-19-22-25-28-31-34-37-40-43-46-49-53(4)57(63)60(56(62)52-61,58(64)54(5)50-47-44-41-38-35-32-29-26-23-20-17-14-11-8-2)66-59(65)55(6)51-48-45-42-39-36-33-30-27-24-21-18-15-12-9-3/h53-56,61-62H,7-52H2,1-6H3.